The number of ether oxygens (including phenoxy) is 1. The number of aromatic carboxylic acids is 1. The molecule has 0 radical (unpaired) electrons. The van der Waals surface area contributed by atoms with Crippen molar-refractivity contribution in [2.45, 2.75) is 19.4 Å². The third-order valence-corrected chi connectivity index (χ3v) is 6.10. The third-order valence-electron chi connectivity index (χ3n) is 6.10. The Kier molecular flexibility index (Phi) is 7.68. The largest absolute Gasteiger partial charge is 0.494 e. The van der Waals surface area contributed by atoms with Crippen LogP contribution in [0.15, 0.2) is 30.7 Å². The maximum Gasteiger partial charge on any atom is 0.358 e. The predicted molar refractivity (Wildman–Crippen MR) is 127 cm³/mol. The summed E-state index contributed by atoms with van der Waals surface area (Å²) in [6.45, 7) is 2.47. The third kappa shape index (κ3) is 5.57. The van der Waals surface area contributed by atoms with Crippen LogP contribution < -0.4 is 15.4 Å². The number of nitrogens with zero attached hydrogens (tertiary/aromatic N) is 6. The SMILES string of the molecule is COc1ccc(-n2cc(C(=O)O)nn2)c(CNC(=O)c2nccnc2NCC2CCN(C)CC2)c1F. The fraction of sp³-hybridized carbons (Fsp3) is 0.391. The van der Waals surface area contributed by atoms with Crippen molar-refractivity contribution in [1.82, 2.24) is 35.2 Å². The van der Waals surface area contributed by atoms with Crippen molar-refractivity contribution in [1.29, 1.82) is 0 Å². The van der Waals surface area contributed by atoms with Gasteiger partial charge in [0.25, 0.3) is 5.91 Å². The summed E-state index contributed by atoms with van der Waals surface area (Å²) in [5, 5.41) is 22.4. The molecular weight excluding hydrogens is 471 g/mol. The van der Waals surface area contributed by atoms with Gasteiger partial charge >= 0.3 is 5.97 Å². The van der Waals surface area contributed by atoms with Crippen LogP contribution in [0.4, 0.5) is 10.2 Å². The number of rotatable bonds is 9. The minimum absolute atomic E-state index is 0.0364. The van der Waals surface area contributed by atoms with Gasteiger partial charge in [-0.2, -0.15) is 0 Å². The molecule has 0 spiro atoms. The molecular formula is C23H27FN8O4. The molecule has 1 aromatic carbocycles. The molecule has 4 rings (SSSR count). The van der Waals surface area contributed by atoms with Gasteiger partial charge in [0, 0.05) is 31.0 Å². The molecule has 12 nitrogen and oxygen atoms in total. The zero-order valence-corrected chi connectivity index (χ0v) is 19.9. The number of hydrogen-bond donors (Lipinski definition) is 3. The number of aromatic nitrogens is 5. The van der Waals surface area contributed by atoms with E-state index in [1.165, 1.54) is 31.6 Å². The van der Waals surface area contributed by atoms with Gasteiger partial charge in [0.15, 0.2) is 28.8 Å². The first-order chi connectivity index (χ1) is 17.4. The number of amides is 1. The van der Waals surface area contributed by atoms with Crippen molar-refractivity contribution in [3.05, 3.63) is 53.5 Å². The second kappa shape index (κ2) is 11.1. The van der Waals surface area contributed by atoms with Gasteiger partial charge in [-0.1, -0.05) is 5.21 Å². The van der Waals surface area contributed by atoms with Gasteiger partial charge in [0.2, 0.25) is 0 Å². The highest BCUT2D eigenvalue weighted by Crippen LogP contribution is 2.26. The summed E-state index contributed by atoms with van der Waals surface area (Å²) in [5.74, 6) is -1.77. The summed E-state index contributed by atoms with van der Waals surface area (Å²) in [6.07, 6.45) is 6.17. The molecule has 0 aliphatic carbocycles. The van der Waals surface area contributed by atoms with E-state index in [4.69, 9.17) is 9.84 Å². The van der Waals surface area contributed by atoms with Gasteiger partial charge in [-0.15, -0.1) is 5.10 Å². The Bertz CT molecular complexity index is 1240. The fourth-order valence-electron chi connectivity index (χ4n) is 4.00. The van der Waals surface area contributed by atoms with E-state index in [1.54, 1.807) is 0 Å². The van der Waals surface area contributed by atoms with Gasteiger partial charge in [0.05, 0.1) is 19.0 Å². The van der Waals surface area contributed by atoms with Gasteiger partial charge < -0.3 is 25.4 Å². The Balaban J connectivity index is 1.51. The molecule has 0 saturated carbocycles. The molecule has 3 N–H and O–H groups in total. The van der Waals surface area contributed by atoms with Crippen LogP contribution in [-0.2, 0) is 6.54 Å². The van der Waals surface area contributed by atoms with Crippen LogP contribution in [0.5, 0.6) is 5.75 Å². The molecule has 190 valence electrons. The van der Waals surface area contributed by atoms with E-state index < -0.39 is 17.7 Å². The van der Waals surface area contributed by atoms with Crippen LogP contribution in [0.3, 0.4) is 0 Å². The van der Waals surface area contributed by atoms with Gasteiger partial charge in [-0.3, -0.25) is 4.79 Å². The van der Waals surface area contributed by atoms with Crippen LogP contribution in [0, 0.1) is 11.7 Å². The molecule has 3 aromatic rings. The molecule has 2 aromatic heterocycles. The average Bonchev–Trinajstić information content (AvgIpc) is 3.38. The lowest BCUT2D eigenvalue weighted by Gasteiger charge is -2.29. The number of nitrogens with one attached hydrogen (secondary N) is 2. The van der Waals surface area contributed by atoms with E-state index in [0.717, 1.165) is 36.8 Å². The molecule has 0 bridgehead atoms. The van der Waals surface area contributed by atoms with Gasteiger partial charge in [0.1, 0.15) is 0 Å². The summed E-state index contributed by atoms with van der Waals surface area (Å²) in [6, 6.07) is 2.88. The lowest BCUT2D eigenvalue weighted by atomic mass is 9.97. The number of carbonyl (C=O) groups is 2. The minimum atomic E-state index is -1.27. The molecule has 1 saturated heterocycles. The smallest absolute Gasteiger partial charge is 0.358 e. The summed E-state index contributed by atoms with van der Waals surface area (Å²) in [5.41, 5.74) is 0.0212. The van der Waals surface area contributed by atoms with E-state index >= 15 is 4.39 Å². The van der Waals surface area contributed by atoms with Crippen LogP contribution in [0.25, 0.3) is 5.69 Å². The van der Waals surface area contributed by atoms with Crippen LogP contribution in [0.2, 0.25) is 0 Å². The summed E-state index contributed by atoms with van der Waals surface area (Å²) in [4.78, 5) is 34.9. The van der Waals surface area contributed by atoms with Crippen LogP contribution in [0.1, 0.15) is 39.4 Å². The quantitative estimate of drug-likeness (QED) is 0.397. The van der Waals surface area contributed by atoms with Crippen LogP contribution >= 0.6 is 0 Å². The standard InChI is InChI=1S/C23H27FN8O4/c1-31-9-5-14(6-10-31)11-27-21-20(25-7-8-26-21)22(33)28-12-15-17(3-4-18(36-2)19(15)24)32-13-16(23(34)35)29-30-32/h3-4,7-8,13-14H,5-6,9-12H2,1-2H3,(H,26,27)(H,28,33)(H,34,35). The lowest BCUT2D eigenvalue weighted by Crippen LogP contribution is -2.33. The molecule has 1 aliphatic heterocycles. The Labute approximate surface area is 206 Å². The van der Waals surface area contributed by atoms with Crippen molar-refractivity contribution >= 4 is 17.7 Å². The first-order valence-electron chi connectivity index (χ1n) is 11.4. The van der Waals surface area contributed by atoms with E-state index in [2.05, 4.69) is 42.9 Å². The molecule has 0 unspecified atom stereocenters. The highest BCUT2D eigenvalue weighted by atomic mass is 19.1. The van der Waals surface area contributed by atoms with Gasteiger partial charge in [-0.25, -0.2) is 23.8 Å². The van der Waals surface area contributed by atoms with E-state index in [9.17, 15) is 9.59 Å². The van der Waals surface area contributed by atoms with Crippen LogP contribution in [-0.4, -0.2) is 80.6 Å². The van der Waals surface area contributed by atoms with Gasteiger partial charge in [-0.05, 0) is 51.0 Å². The number of benzene rings is 1. The van der Waals surface area contributed by atoms with E-state index in [-0.39, 0.29) is 34.9 Å². The molecule has 13 heteroatoms. The monoisotopic (exact) mass is 498 g/mol. The van der Waals surface area contributed by atoms with Crippen molar-refractivity contribution in [3.8, 4) is 11.4 Å². The normalized spacial score (nSPS) is 14.4. The molecule has 36 heavy (non-hydrogen) atoms. The number of hydrogen-bond acceptors (Lipinski definition) is 9. The fourth-order valence-corrected chi connectivity index (χ4v) is 4.00. The maximum absolute atomic E-state index is 15.2. The average molecular weight is 499 g/mol. The number of anilines is 1. The maximum atomic E-state index is 15.2. The Morgan fingerprint density at radius 2 is 1.97 bits per heavy atom. The second-order valence-electron chi connectivity index (χ2n) is 8.50. The molecule has 0 atom stereocenters. The zero-order chi connectivity index (χ0) is 25.7. The first kappa shape index (κ1) is 25.0. The van der Waals surface area contributed by atoms with E-state index in [1.807, 2.05) is 0 Å². The van der Waals surface area contributed by atoms with Crippen molar-refractivity contribution < 1.29 is 23.8 Å². The van der Waals surface area contributed by atoms with Crippen molar-refractivity contribution in [2.24, 2.45) is 5.92 Å². The summed E-state index contributed by atoms with van der Waals surface area (Å²) < 4.78 is 21.4. The molecule has 1 fully saturated rings. The Morgan fingerprint density at radius 1 is 1.22 bits per heavy atom. The molecule has 1 aliphatic rings. The number of halogens is 1. The number of carbonyl (C=O) groups excluding carboxylic acids is 1. The number of likely N-dealkylation sites (tertiary alicyclic amines) is 1. The second-order valence-corrected chi connectivity index (χ2v) is 8.50. The Hall–Kier alpha value is -4.13. The molecule has 1 amide bonds. The topological polar surface area (TPSA) is 147 Å². The highest BCUT2D eigenvalue weighted by molar-refractivity contribution is 5.96. The van der Waals surface area contributed by atoms with Crippen molar-refractivity contribution in [3.63, 3.8) is 0 Å². The highest BCUT2D eigenvalue weighted by Gasteiger charge is 2.22. The summed E-state index contributed by atoms with van der Waals surface area (Å²) >= 11 is 0. The van der Waals surface area contributed by atoms with Crippen molar-refractivity contribution in [2.75, 3.05) is 39.1 Å². The lowest BCUT2D eigenvalue weighted by molar-refractivity contribution is 0.0690. The predicted octanol–water partition coefficient (Wildman–Crippen LogP) is 1.59. The Morgan fingerprint density at radius 3 is 2.67 bits per heavy atom. The zero-order valence-electron chi connectivity index (χ0n) is 19.9. The minimum Gasteiger partial charge on any atom is -0.494 e. The number of carboxylic acid groups (broad SMARTS) is 1. The summed E-state index contributed by atoms with van der Waals surface area (Å²) in [7, 11) is 3.42. The number of methoxy groups -OCH3 is 1. The molecule has 3 heterocycles. The van der Waals surface area contributed by atoms with E-state index in [0.29, 0.717) is 18.3 Å². The number of piperidine rings is 1. The first-order valence-corrected chi connectivity index (χ1v) is 11.4. The number of carboxylic acids is 1.